The van der Waals surface area contributed by atoms with Crippen molar-refractivity contribution in [3.05, 3.63) is 35.4 Å². The molecule has 0 atom stereocenters. The standard InChI is InChI=1S/C12H17N3O2/c1-9-4-2-5-10(8-9)12(16)14-7-3-6-11(13)15-17/h2,4-5,8,17H,3,6-7H2,1H3,(H2,13,15)(H,14,16). The molecule has 0 saturated heterocycles. The molecule has 4 N–H and O–H groups in total. The number of hydrogen-bond donors (Lipinski definition) is 3. The lowest BCUT2D eigenvalue weighted by atomic mass is 10.1. The minimum absolute atomic E-state index is 0.104. The van der Waals surface area contributed by atoms with E-state index in [-0.39, 0.29) is 11.7 Å². The van der Waals surface area contributed by atoms with Gasteiger partial charge in [0, 0.05) is 18.5 Å². The molecule has 0 aliphatic rings. The van der Waals surface area contributed by atoms with E-state index in [1.165, 1.54) is 0 Å². The lowest BCUT2D eigenvalue weighted by Gasteiger charge is -2.05. The number of carbonyl (C=O) groups excluding carboxylic acids is 1. The van der Waals surface area contributed by atoms with E-state index in [1.54, 1.807) is 6.07 Å². The first-order chi connectivity index (χ1) is 8.13. The Balaban J connectivity index is 2.35. The number of amidine groups is 1. The van der Waals surface area contributed by atoms with Gasteiger partial charge in [-0.1, -0.05) is 22.9 Å². The van der Waals surface area contributed by atoms with Crippen LogP contribution in [0.1, 0.15) is 28.8 Å². The molecule has 0 spiro atoms. The summed E-state index contributed by atoms with van der Waals surface area (Å²) in [5.74, 6) is 0.0722. The molecule has 0 fully saturated rings. The minimum Gasteiger partial charge on any atom is -0.409 e. The van der Waals surface area contributed by atoms with Gasteiger partial charge in [-0.3, -0.25) is 4.79 Å². The van der Waals surface area contributed by atoms with Crippen LogP contribution in [0, 0.1) is 6.92 Å². The van der Waals surface area contributed by atoms with Gasteiger partial charge in [0.2, 0.25) is 0 Å². The van der Waals surface area contributed by atoms with E-state index >= 15 is 0 Å². The first-order valence-electron chi connectivity index (χ1n) is 5.44. The molecular weight excluding hydrogens is 218 g/mol. The summed E-state index contributed by atoms with van der Waals surface area (Å²) in [4.78, 5) is 11.7. The first-order valence-corrected chi connectivity index (χ1v) is 5.44. The van der Waals surface area contributed by atoms with Gasteiger partial charge >= 0.3 is 0 Å². The van der Waals surface area contributed by atoms with Crippen molar-refractivity contribution in [2.45, 2.75) is 19.8 Å². The average Bonchev–Trinajstić information content (AvgIpc) is 2.34. The van der Waals surface area contributed by atoms with Gasteiger partial charge in [-0.25, -0.2) is 0 Å². The Hall–Kier alpha value is -2.04. The number of nitrogens with two attached hydrogens (primary N) is 1. The fourth-order valence-electron chi connectivity index (χ4n) is 1.41. The van der Waals surface area contributed by atoms with Crippen LogP contribution in [-0.2, 0) is 0 Å². The van der Waals surface area contributed by atoms with Gasteiger partial charge in [0.15, 0.2) is 0 Å². The number of hydrogen-bond acceptors (Lipinski definition) is 3. The molecular formula is C12H17N3O2. The molecule has 0 saturated carbocycles. The molecule has 1 rings (SSSR count). The van der Waals surface area contributed by atoms with Crippen molar-refractivity contribution in [3.8, 4) is 0 Å². The summed E-state index contributed by atoms with van der Waals surface area (Å²) in [6.07, 6.45) is 1.11. The Morgan fingerprint density at radius 3 is 2.94 bits per heavy atom. The number of benzene rings is 1. The van der Waals surface area contributed by atoms with Crippen LogP contribution in [0.2, 0.25) is 0 Å². The van der Waals surface area contributed by atoms with E-state index in [0.717, 1.165) is 5.56 Å². The molecule has 17 heavy (non-hydrogen) atoms. The fourth-order valence-corrected chi connectivity index (χ4v) is 1.41. The maximum absolute atomic E-state index is 11.7. The number of nitrogens with zero attached hydrogens (tertiary/aromatic N) is 1. The highest BCUT2D eigenvalue weighted by Gasteiger charge is 2.04. The van der Waals surface area contributed by atoms with Crippen molar-refractivity contribution in [3.63, 3.8) is 0 Å². The van der Waals surface area contributed by atoms with Crippen LogP contribution in [-0.4, -0.2) is 23.5 Å². The summed E-state index contributed by atoms with van der Waals surface area (Å²) in [5.41, 5.74) is 7.01. The van der Waals surface area contributed by atoms with Crippen LogP contribution in [0.4, 0.5) is 0 Å². The van der Waals surface area contributed by atoms with Crippen molar-refractivity contribution < 1.29 is 10.0 Å². The summed E-state index contributed by atoms with van der Waals surface area (Å²) in [6.45, 7) is 2.44. The highest BCUT2D eigenvalue weighted by Crippen LogP contribution is 2.03. The van der Waals surface area contributed by atoms with E-state index in [4.69, 9.17) is 10.9 Å². The van der Waals surface area contributed by atoms with Gasteiger partial charge in [0.05, 0.1) is 0 Å². The Labute approximate surface area is 100 Å². The van der Waals surface area contributed by atoms with Gasteiger partial charge in [-0.2, -0.15) is 0 Å². The van der Waals surface area contributed by atoms with E-state index in [0.29, 0.717) is 24.9 Å². The molecule has 0 radical (unpaired) electrons. The zero-order valence-electron chi connectivity index (χ0n) is 9.81. The third-order valence-corrected chi connectivity index (χ3v) is 2.30. The van der Waals surface area contributed by atoms with Gasteiger partial charge in [0.25, 0.3) is 5.91 Å². The number of nitrogens with one attached hydrogen (secondary N) is 1. The Kier molecular flexibility index (Phi) is 5.00. The van der Waals surface area contributed by atoms with Crippen molar-refractivity contribution in [2.75, 3.05) is 6.54 Å². The SMILES string of the molecule is Cc1cccc(C(=O)NCCCC(N)=NO)c1. The zero-order chi connectivity index (χ0) is 12.7. The number of rotatable bonds is 5. The minimum atomic E-state index is -0.104. The molecule has 1 amide bonds. The zero-order valence-corrected chi connectivity index (χ0v) is 9.81. The molecule has 5 heteroatoms. The van der Waals surface area contributed by atoms with Crippen molar-refractivity contribution in [2.24, 2.45) is 10.9 Å². The smallest absolute Gasteiger partial charge is 0.251 e. The molecule has 1 aromatic carbocycles. The van der Waals surface area contributed by atoms with Crippen LogP contribution in [0.3, 0.4) is 0 Å². The summed E-state index contributed by atoms with van der Waals surface area (Å²) >= 11 is 0. The summed E-state index contributed by atoms with van der Waals surface area (Å²) in [6, 6.07) is 7.39. The maximum Gasteiger partial charge on any atom is 0.251 e. The molecule has 5 nitrogen and oxygen atoms in total. The van der Waals surface area contributed by atoms with Crippen molar-refractivity contribution in [1.29, 1.82) is 0 Å². The van der Waals surface area contributed by atoms with Gasteiger partial charge in [-0.05, 0) is 25.5 Å². The van der Waals surface area contributed by atoms with Crippen LogP contribution in [0.25, 0.3) is 0 Å². The molecule has 92 valence electrons. The largest absolute Gasteiger partial charge is 0.409 e. The monoisotopic (exact) mass is 235 g/mol. The van der Waals surface area contributed by atoms with E-state index in [9.17, 15) is 4.79 Å². The predicted molar refractivity (Wildman–Crippen MR) is 66.2 cm³/mol. The second-order valence-corrected chi connectivity index (χ2v) is 3.82. The molecule has 0 heterocycles. The lowest BCUT2D eigenvalue weighted by Crippen LogP contribution is -2.25. The van der Waals surface area contributed by atoms with E-state index in [2.05, 4.69) is 10.5 Å². The summed E-state index contributed by atoms with van der Waals surface area (Å²) < 4.78 is 0. The van der Waals surface area contributed by atoms with Crippen LogP contribution >= 0.6 is 0 Å². The Bertz CT molecular complexity index is 416. The molecule has 0 aromatic heterocycles. The third-order valence-electron chi connectivity index (χ3n) is 2.30. The van der Waals surface area contributed by atoms with Crippen LogP contribution < -0.4 is 11.1 Å². The summed E-state index contributed by atoms with van der Waals surface area (Å²) in [5, 5.41) is 14.0. The topological polar surface area (TPSA) is 87.7 Å². The second kappa shape index (κ2) is 6.52. The normalized spacial score (nSPS) is 11.2. The number of amides is 1. The number of carbonyl (C=O) groups is 1. The lowest BCUT2D eigenvalue weighted by molar-refractivity contribution is 0.0953. The van der Waals surface area contributed by atoms with Crippen molar-refractivity contribution in [1.82, 2.24) is 5.32 Å². The van der Waals surface area contributed by atoms with E-state index < -0.39 is 0 Å². The van der Waals surface area contributed by atoms with Gasteiger partial charge in [0.1, 0.15) is 5.84 Å². The van der Waals surface area contributed by atoms with Crippen LogP contribution in [0.15, 0.2) is 29.4 Å². The highest BCUT2D eigenvalue weighted by atomic mass is 16.4. The Morgan fingerprint density at radius 2 is 2.29 bits per heavy atom. The fraction of sp³-hybridized carbons (Fsp3) is 0.333. The highest BCUT2D eigenvalue weighted by molar-refractivity contribution is 5.94. The van der Waals surface area contributed by atoms with Crippen LogP contribution in [0.5, 0.6) is 0 Å². The first kappa shape index (κ1) is 13.0. The Morgan fingerprint density at radius 1 is 1.53 bits per heavy atom. The average molecular weight is 235 g/mol. The molecule has 0 bridgehead atoms. The predicted octanol–water partition coefficient (Wildman–Crippen LogP) is 1.25. The third kappa shape index (κ3) is 4.55. The summed E-state index contributed by atoms with van der Waals surface area (Å²) in [7, 11) is 0. The molecule has 1 aromatic rings. The maximum atomic E-state index is 11.7. The van der Waals surface area contributed by atoms with Gasteiger partial charge in [-0.15, -0.1) is 0 Å². The van der Waals surface area contributed by atoms with Gasteiger partial charge < -0.3 is 16.3 Å². The molecule has 0 aliphatic heterocycles. The van der Waals surface area contributed by atoms with E-state index in [1.807, 2.05) is 25.1 Å². The second-order valence-electron chi connectivity index (χ2n) is 3.82. The molecule has 0 aliphatic carbocycles. The van der Waals surface area contributed by atoms with Crippen molar-refractivity contribution >= 4 is 11.7 Å². The number of oxime groups is 1. The quantitative estimate of drug-likeness (QED) is 0.236. The number of aryl methyl sites for hydroxylation is 1. The molecule has 0 unspecified atom stereocenters.